The summed E-state index contributed by atoms with van der Waals surface area (Å²) in [6.07, 6.45) is 1.34. The number of nitrogens with zero attached hydrogens (tertiary/aromatic N) is 1. The van der Waals surface area contributed by atoms with Crippen molar-refractivity contribution in [3.63, 3.8) is 0 Å². The van der Waals surface area contributed by atoms with Gasteiger partial charge in [0.1, 0.15) is 5.75 Å². The number of carbonyl (C=O) groups is 1. The van der Waals surface area contributed by atoms with E-state index in [1.54, 1.807) is 24.3 Å². The Morgan fingerprint density at radius 3 is 2.57 bits per heavy atom. The number of nitrogens with one attached hydrogen (secondary N) is 1. The van der Waals surface area contributed by atoms with Gasteiger partial charge in [0.15, 0.2) is 11.2 Å². The first-order valence-corrected chi connectivity index (χ1v) is 10.1. The maximum absolute atomic E-state index is 13.2. The molecule has 1 N–H and O–H groups in total. The van der Waals surface area contributed by atoms with Crippen LogP contribution in [0.25, 0.3) is 10.9 Å². The lowest BCUT2D eigenvalue weighted by atomic mass is 10.1. The second-order valence-electron chi connectivity index (χ2n) is 6.17. The molecule has 0 saturated carbocycles. The van der Waals surface area contributed by atoms with Crippen LogP contribution in [0.4, 0.5) is 5.69 Å². The largest absolute Gasteiger partial charge is 0.492 e. The van der Waals surface area contributed by atoms with Crippen molar-refractivity contribution in [2.75, 3.05) is 18.0 Å². The zero-order valence-corrected chi connectivity index (χ0v) is 16.5. The third-order valence-electron chi connectivity index (χ3n) is 4.39. The average molecular weight is 400 g/mol. The van der Waals surface area contributed by atoms with Gasteiger partial charge in [-0.3, -0.25) is 13.9 Å². The summed E-state index contributed by atoms with van der Waals surface area (Å²) < 4.78 is 32.9. The summed E-state index contributed by atoms with van der Waals surface area (Å²) in [6.45, 7) is 3.49. The lowest BCUT2D eigenvalue weighted by molar-refractivity contribution is 0.101. The standard InChI is InChI=1S/C20H20N2O5S/c1-4-27-19-8-6-5-7-18(19)22(3)28(25,26)14-9-10-17-15(11-14)20(24)16(12-21-17)13(2)23/h5-12H,4H2,1-3H3,(H,21,24). The number of carbonyl (C=O) groups excluding carboxylic acids is 1. The Labute approximate surface area is 162 Å². The number of anilines is 1. The van der Waals surface area contributed by atoms with Crippen molar-refractivity contribution in [3.8, 4) is 5.75 Å². The molecule has 0 aliphatic carbocycles. The maximum atomic E-state index is 13.2. The van der Waals surface area contributed by atoms with Crippen LogP contribution < -0.4 is 14.5 Å². The molecule has 0 bridgehead atoms. The number of hydrogen-bond donors (Lipinski definition) is 1. The van der Waals surface area contributed by atoms with Crippen LogP contribution in [0, 0.1) is 0 Å². The molecule has 0 atom stereocenters. The van der Waals surface area contributed by atoms with Gasteiger partial charge in [0, 0.05) is 24.1 Å². The van der Waals surface area contributed by atoms with E-state index in [9.17, 15) is 18.0 Å². The number of sulfonamides is 1. The van der Waals surface area contributed by atoms with Crippen molar-refractivity contribution in [1.29, 1.82) is 0 Å². The molecule has 0 radical (unpaired) electrons. The fourth-order valence-corrected chi connectivity index (χ4v) is 4.13. The highest BCUT2D eigenvalue weighted by molar-refractivity contribution is 7.92. The van der Waals surface area contributed by atoms with Crippen molar-refractivity contribution in [1.82, 2.24) is 4.98 Å². The number of ketones is 1. The minimum atomic E-state index is -3.96. The predicted octanol–water partition coefficient (Wildman–Crippen LogP) is 2.95. The van der Waals surface area contributed by atoms with Gasteiger partial charge >= 0.3 is 0 Å². The second kappa shape index (κ2) is 7.47. The first-order valence-electron chi connectivity index (χ1n) is 8.64. The Balaban J connectivity index is 2.14. The molecular formula is C20H20N2O5S. The molecule has 1 heterocycles. The molecule has 3 aromatic rings. The van der Waals surface area contributed by atoms with Gasteiger partial charge in [-0.2, -0.15) is 0 Å². The van der Waals surface area contributed by atoms with Gasteiger partial charge in [0.05, 0.1) is 22.8 Å². The van der Waals surface area contributed by atoms with Gasteiger partial charge in [-0.05, 0) is 44.2 Å². The number of aromatic amines is 1. The van der Waals surface area contributed by atoms with E-state index in [0.29, 0.717) is 23.6 Å². The van der Waals surface area contributed by atoms with Crippen LogP contribution in [0.3, 0.4) is 0 Å². The van der Waals surface area contributed by atoms with Crippen LogP contribution in [-0.2, 0) is 10.0 Å². The molecule has 28 heavy (non-hydrogen) atoms. The molecule has 8 heteroatoms. The van der Waals surface area contributed by atoms with Gasteiger partial charge in [-0.15, -0.1) is 0 Å². The van der Waals surface area contributed by atoms with Crippen LogP contribution in [0.5, 0.6) is 5.75 Å². The highest BCUT2D eigenvalue weighted by atomic mass is 32.2. The Hall–Kier alpha value is -3.13. The summed E-state index contributed by atoms with van der Waals surface area (Å²) in [6, 6.07) is 11.0. The van der Waals surface area contributed by atoms with Crippen molar-refractivity contribution < 1.29 is 17.9 Å². The zero-order chi connectivity index (χ0) is 20.5. The molecule has 0 fully saturated rings. The molecule has 0 unspecified atom stereocenters. The van der Waals surface area contributed by atoms with Crippen LogP contribution in [-0.4, -0.2) is 32.8 Å². The Kier molecular flexibility index (Phi) is 5.24. The number of Topliss-reactive ketones (excluding diaryl/α,β-unsaturated/α-hetero) is 1. The Bertz CT molecular complexity index is 1210. The molecular weight excluding hydrogens is 380 g/mol. The van der Waals surface area contributed by atoms with E-state index in [2.05, 4.69) is 4.98 Å². The first kappa shape index (κ1) is 19.6. The summed E-state index contributed by atoms with van der Waals surface area (Å²) in [5, 5.41) is 0.139. The monoisotopic (exact) mass is 400 g/mol. The average Bonchev–Trinajstić information content (AvgIpc) is 2.68. The van der Waals surface area contributed by atoms with Crippen LogP contribution >= 0.6 is 0 Å². The van der Waals surface area contributed by atoms with Crippen LogP contribution in [0.1, 0.15) is 24.2 Å². The van der Waals surface area contributed by atoms with Gasteiger partial charge < -0.3 is 9.72 Å². The minimum Gasteiger partial charge on any atom is -0.492 e. The normalized spacial score (nSPS) is 11.4. The second-order valence-corrected chi connectivity index (χ2v) is 8.14. The third-order valence-corrected chi connectivity index (χ3v) is 6.16. The third kappa shape index (κ3) is 3.38. The maximum Gasteiger partial charge on any atom is 0.264 e. The van der Waals surface area contributed by atoms with E-state index in [1.165, 1.54) is 38.4 Å². The molecule has 146 valence electrons. The summed E-state index contributed by atoms with van der Waals surface area (Å²) in [5.41, 5.74) is 0.315. The topological polar surface area (TPSA) is 96.5 Å². The zero-order valence-electron chi connectivity index (χ0n) is 15.7. The molecule has 0 aliphatic rings. The fraction of sp³-hybridized carbons (Fsp3) is 0.200. The molecule has 7 nitrogen and oxygen atoms in total. The molecule has 3 rings (SSSR count). The van der Waals surface area contributed by atoms with E-state index >= 15 is 0 Å². The SMILES string of the molecule is CCOc1ccccc1N(C)S(=O)(=O)c1ccc2[nH]cc(C(C)=O)c(=O)c2c1. The Morgan fingerprint density at radius 1 is 1.18 bits per heavy atom. The van der Waals surface area contributed by atoms with E-state index in [1.807, 2.05) is 6.92 Å². The first-order chi connectivity index (χ1) is 13.3. The number of benzene rings is 2. The number of hydrogen-bond acceptors (Lipinski definition) is 5. The number of fused-ring (bicyclic) bond motifs is 1. The quantitative estimate of drug-likeness (QED) is 0.642. The smallest absolute Gasteiger partial charge is 0.264 e. The molecule has 0 amide bonds. The van der Waals surface area contributed by atoms with E-state index in [-0.39, 0.29) is 21.6 Å². The van der Waals surface area contributed by atoms with Gasteiger partial charge in [0.25, 0.3) is 10.0 Å². The van der Waals surface area contributed by atoms with E-state index in [0.717, 1.165) is 4.31 Å². The van der Waals surface area contributed by atoms with Crippen molar-refractivity contribution >= 4 is 32.4 Å². The predicted molar refractivity (Wildman–Crippen MR) is 108 cm³/mol. The summed E-state index contributed by atoms with van der Waals surface area (Å²) in [7, 11) is -2.53. The van der Waals surface area contributed by atoms with Gasteiger partial charge in [-0.25, -0.2) is 8.42 Å². The van der Waals surface area contributed by atoms with E-state index < -0.39 is 15.5 Å². The number of pyridine rings is 1. The molecule has 1 aromatic heterocycles. The highest BCUT2D eigenvalue weighted by Gasteiger charge is 2.24. The minimum absolute atomic E-state index is 0.0166. The van der Waals surface area contributed by atoms with Gasteiger partial charge in [-0.1, -0.05) is 12.1 Å². The van der Waals surface area contributed by atoms with Crippen molar-refractivity contribution in [3.05, 3.63) is 64.4 Å². The number of rotatable bonds is 6. The van der Waals surface area contributed by atoms with E-state index in [4.69, 9.17) is 4.74 Å². The van der Waals surface area contributed by atoms with Crippen LogP contribution in [0.15, 0.2) is 58.4 Å². The number of ether oxygens (including phenoxy) is 1. The van der Waals surface area contributed by atoms with Crippen LogP contribution in [0.2, 0.25) is 0 Å². The van der Waals surface area contributed by atoms with Gasteiger partial charge in [0.2, 0.25) is 0 Å². The summed E-state index contributed by atoms with van der Waals surface area (Å²) in [4.78, 5) is 27.0. The molecule has 2 aromatic carbocycles. The lowest BCUT2D eigenvalue weighted by Gasteiger charge is -2.22. The molecule has 0 aliphatic heterocycles. The number of aromatic nitrogens is 1. The summed E-state index contributed by atoms with van der Waals surface area (Å²) in [5.74, 6) is 0.0488. The fourth-order valence-electron chi connectivity index (χ4n) is 2.90. The number of para-hydroxylation sites is 2. The molecule has 0 saturated heterocycles. The summed E-state index contributed by atoms with van der Waals surface area (Å²) >= 11 is 0. The number of H-pyrrole nitrogens is 1. The Morgan fingerprint density at radius 2 is 1.89 bits per heavy atom. The van der Waals surface area contributed by atoms with Crippen molar-refractivity contribution in [2.45, 2.75) is 18.7 Å². The lowest BCUT2D eigenvalue weighted by Crippen LogP contribution is -2.27. The molecule has 0 spiro atoms. The highest BCUT2D eigenvalue weighted by Crippen LogP contribution is 2.31. The van der Waals surface area contributed by atoms with Crippen molar-refractivity contribution in [2.24, 2.45) is 0 Å².